The van der Waals surface area contributed by atoms with Crippen LogP contribution in [0.15, 0.2) is 11.1 Å². The first-order chi connectivity index (χ1) is 7.65. The van der Waals surface area contributed by atoms with Gasteiger partial charge in [0, 0.05) is 6.04 Å². The fourth-order valence-corrected chi connectivity index (χ4v) is 1.89. The van der Waals surface area contributed by atoms with E-state index in [4.69, 9.17) is 5.73 Å². The Morgan fingerprint density at radius 3 is 3.06 bits per heavy atom. The molecule has 6 nitrogen and oxygen atoms in total. The fourth-order valence-electron chi connectivity index (χ4n) is 1.89. The Balaban J connectivity index is 2.64. The minimum atomic E-state index is -0.152. The molecule has 6 heteroatoms. The van der Waals surface area contributed by atoms with Crippen molar-refractivity contribution in [3.63, 3.8) is 0 Å². The van der Waals surface area contributed by atoms with Crippen LogP contribution in [0, 0.1) is 0 Å². The highest BCUT2D eigenvalue weighted by Gasteiger charge is 2.14. The van der Waals surface area contributed by atoms with Crippen molar-refractivity contribution >= 4 is 17.1 Å². The number of nitrogens with zero attached hydrogens (tertiary/aromatic N) is 3. The Hall–Kier alpha value is -1.85. The monoisotopic (exact) mass is 221 g/mol. The summed E-state index contributed by atoms with van der Waals surface area (Å²) in [6.07, 6.45) is 3.34. The number of rotatable bonds is 3. The lowest BCUT2D eigenvalue weighted by Crippen LogP contribution is -2.27. The fraction of sp³-hybridized carbons (Fsp3) is 0.500. The third kappa shape index (κ3) is 1.56. The van der Waals surface area contributed by atoms with Gasteiger partial charge in [-0.1, -0.05) is 13.3 Å². The van der Waals surface area contributed by atoms with Crippen LogP contribution in [-0.4, -0.2) is 19.5 Å². The number of H-pyrrole nitrogens is 1. The molecule has 0 spiro atoms. The first-order valence-corrected chi connectivity index (χ1v) is 5.36. The van der Waals surface area contributed by atoms with E-state index in [0.29, 0.717) is 11.2 Å². The maximum absolute atomic E-state index is 12.1. The minimum absolute atomic E-state index is 0.0534. The van der Waals surface area contributed by atoms with Crippen molar-refractivity contribution in [2.24, 2.45) is 0 Å². The van der Waals surface area contributed by atoms with Crippen LogP contribution in [0.2, 0.25) is 0 Å². The lowest BCUT2D eigenvalue weighted by molar-refractivity contribution is 0.490. The van der Waals surface area contributed by atoms with Gasteiger partial charge in [-0.2, -0.15) is 4.98 Å². The van der Waals surface area contributed by atoms with E-state index in [1.165, 1.54) is 10.9 Å². The van der Waals surface area contributed by atoms with Crippen LogP contribution in [0.1, 0.15) is 32.7 Å². The second-order valence-corrected chi connectivity index (χ2v) is 3.88. The first kappa shape index (κ1) is 10.7. The van der Waals surface area contributed by atoms with Crippen molar-refractivity contribution in [1.29, 1.82) is 0 Å². The molecule has 0 aliphatic rings. The van der Waals surface area contributed by atoms with E-state index in [0.717, 1.165) is 12.8 Å². The number of hydrogen-bond acceptors (Lipinski definition) is 4. The number of hydrogen-bond donors (Lipinski definition) is 2. The molecule has 0 saturated heterocycles. The van der Waals surface area contributed by atoms with E-state index >= 15 is 0 Å². The summed E-state index contributed by atoms with van der Waals surface area (Å²) in [5, 5.41) is 0. The van der Waals surface area contributed by atoms with Crippen molar-refractivity contribution < 1.29 is 0 Å². The van der Waals surface area contributed by atoms with Crippen LogP contribution in [0.3, 0.4) is 0 Å². The summed E-state index contributed by atoms with van der Waals surface area (Å²) in [7, 11) is 0. The molecular formula is C10H15N5O. The van der Waals surface area contributed by atoms with Gasteiger partial charge in [0.2, 0.25) is 5.95 Å². The van der Waals surface area contributed by atoms with Crippen LogP contribution < -0.4 is 11.3 Å². The maximum atomic E-state index is 12.1. The number of anilines is 1. The molecule has 0 fully saturated rings. The predicted octanol–water partition coefficient (Wildman–Crippen LogP) is 1.06. The second kappa shape index (κ2) is 3.96. The molecule has 16 heavy (non-hydrogen) atoms. The van der Waals surface area contributed by atoms with Gasteiger partial charge in [-0.15, -0.1) is 0 Å². The number of aromatic amines is 1. The van der Waals surface area contributed by atoms with Crippen LogP contribution in [0.25, 0.3) is 11.2 Å². The molecule has 0 aliphatic carbocycles. The van der Waals surface area contributed by atoms with Crippen molar-refractivity contribution in [3.05, 3.63) is 16.7 Å². The van der Waals surface area contributed by atoms with Crippen LogP contribution in [0.4, 0.5) is 5.95 Å². The molecule has 0 aromatic carbocycles. The number of nitrogens with one attached hydrogen (secondary N) is 1. The van der Waals surface area contributed by atoms with Gasteiger partial charge < -0.3 is 10.7 Å². The summed E-state index contributed by atoms with van der Waals surface area (Å²) in [6.45, 7) is 4.03. The Bertz CT molecular complexity index is 556. The molecule has 0 saturated carbocycles. The van der Waals surface area contributed by atoms with Crippen LogP contribution in [0.5, 0.6) is 0 Å². The normalized spacial score (nSPS) is 13.1. The van der Waals surface area contributed by atoms with Gasteiger partial charge in [-0.05, 0) is 13.3 Å². The highest BCUT2D eigenvalue weighted by atomic mass is 16.1. The van der Waals surface area contributed by atoms with E-state index < -0.39 is 0 Å². The number of nitrogens with two attached hydrogens (primary N) is 1. The lowest BCUT2D eigenvalue weighted by atomic mass is 10.2. The molecule has 2 heterocycles. The molecule has 0 amide bonds. The van der Waals surface area contributed by atoms with Gasteiger partial charge in [-0.3, -0.25) is 9.36 Å². The zero-order valence-corrected chi connectivity index (χ0v) is 9.40. The van der Waals surface area contributed by atoms with Crippen molar-refractivity contribution in [2.45, 2.75) is 32.7 Å². The lowest BCUT2D eigenvalue weighted by Gasteiger charge is -2.15. The maximum Gasteiger partial charge on any atom is 0.281 e. The average molecular weight is 221 g/mol. The molecule has 2 rings (SSSR count). The van der Waals surface area contributed by atoms with E-state index in [1.807, 2.05) is 6.92 Å². The summed E-state index contributed by atoms with van der Waals surface area (Å²) in [4.78, 5) is 22.9. The smallest absolute Gasteiger partial charge is 0.281 e. The standard InChI is InChI=1S/C10H15N5O/c1-3-4-6(2)15-9(16)7-8(13-5-12-7)14-10(15)11/h5-6H,3-4H2,1-2H3,(H2,11,14)(H,12,13). The number of fused-ring (bicyclic) bond motifs is 1. The highest BCUT2D eigenvalue weighted by molar-refractivity contribution is 5.69. The van der Waals surface area contributed by atoms with Gasteiger partial charge in [-0.25, -0.2) is 4.98 Å². The van der Waals surface area contributed by atoms with Gasteiger partial charge in [0.05, 0.1) is 6.33 Å². The quantitative estimate of drug-likeness (QED) is 0.811. The molecule has 0 aliphatic heterocycles. The summed E-state index contributed by atoms with van der Waals surface area (Å²) in [6, 6.07) is 0.0534. The van der Waals surface area contributed by atoms with Crippen molar-refractivity contribution in [1.82, 2.24) is 19.5 Å². The Kier molecular flexibility index (Phi) is 2.64. The van der Waals surface area contributed by atoms with Gasteiger partial charge in [0.25, 0.3) is 5.56 Å². The Labute approximate surface area is 92.5 Å². The summed E-state index contributed by atoms with van der Waals surface area (Å²) in [5.41, 5.74) is 6.42. The topological polar surface area (TPSA) is 89.6 Å². The Morgan fingerprint density at radius 2 is 2.38 bits per heavy atom. The van der Waals surface area contributed by atoms with Gasteiger partial charge in [0.1, 0.15) is 0 Å². The third-order valence-corrected chi connectivity index (χ3v) is 2.67. The SMILES string of the molecule is CCCC(C)n1c(N)nc2nc[nH]c2c1=O. The molecular weight excluding hydrogens is 206 g/mol. The number of aromatic nitrogens is 4. The van der Waals surface area contributed by atoms with Crippen LogP contribution in [-0.2, 0) is 0 Å². The van der Waals surface area contributed by atoms with E-state index in [1.54, 1.807) is 0 Å². The number of imidazole rings is 1. The third-order valence-electron chi connectivity index (χ3n) is 2.67. The van der Waals surface area contributed by atoms with E-state index in [9.17, 15) is 4.79 Å². The average Bonchev–Trinajstić information content (AvgIpc) is 2.66. The largest absolute Gasteiger partial charge is 0.369 e. The zero-order chi connectivity index (χ0) is 11.7. The molecule has 2 aromatic rings. The highest BCUT2D eigenvalue weighted by Crippen LogP contribution is 2.15. The molecule has 3 N–H and O–H groups in total. The minimum Gasteiger partial charge on any atom is -0.369 e. The Morgan fingerprint density at radius 1 is 1.62 bits per heavy atom. The molecule has 1 atom stereocenters. The molecule has 0 radical (unpaired) electrons. The zero-order valence-electron chi connectivity index (χ0n) is 9.40. The molecule has 1 unspecified atom stereocenters. The first-order valence-electron chi connectivity index (χ1n) is 5.36. The predicted molar refractivity (Wildman–Crippen MR) is 62.2 cm³/mol. The second-order valence-electron chi connectivity index (χ2n) is 3.88. The van der Waals surface area contributed by atoms with Gasteiger partial charge in [0.15, 0.2) is 11.2 Å². The molecule has 86 valence electrons. The van der Waals surface area contributed by atoms with E-state index in [-0.39, 0.29) is 17.5 Å². The van der Waals surface area contributed by atoms with Gasteiger partial charge >= 0.3 is 0 Å². The summed E-state index contributed by atoms with van der Waals surface area (Å²) in [5.74, 6) is 0.227. The van der Waals surface area contributed by atoms with Crippen molar-refractivity contribution in [3.8, 4) is 0 Å². The number of nitrogen functional groups attached to an aromatic ring is 1. The summed E-state index contributed by atoms with van der Waals surface area (Å²) >= 11 is 0. The molecule has 0 bridgehead atoms. The van der Waals surface area contributed by atoms with Crippen molar-refractivity contribution in [2.75, 3.05) is 5.73 Å². The van der Waals surface area contributed by atoms with Crippen LogP contribution >= 0.6 is 0 Å². The van der Waals surface area contributed by atoms with E-state index in [2.05, 4.69) is 21.9 Å². The summed E-state index contributed by atoms with van der Waals surface area (Å²) < 4.78 is 1.52. The molecule has 2 aromatic heterocycles.